The molecule has 1 saturated heterocycles. The van der Waals surface area contributed by atoms with Gasteiger partial charge in [0.1, 0.15) is 0 Å². The zero-order chi connectivity index (χ0) is 12.4. The number of carboxylic acid groups (broad SMARTS) is 1. The second kappa shape index (κ2) is 4.92. The molecule has 2 atom stereocenters. The van der Waals surface area contributed by atoms with Crippen LogP contribution in [0.15, 0.2) is 18.5 Å². The lowest BCUT2D eigenvalue weighted by atomic mass is 9.87. The molecule has 1 aliphatic heterocycles. The highest BCUT2D eigenvalue weighted by molar-refractivity contribution is 6.33. The molecule has 4 nitrogen and oxygen atoms in total. The Bertz CT molecular complexity index is 425. The van der Waals surface area contributed by atoms with E-state index < -0.39 is 5.97 Å². The number of pyridine rings is 1. The molecule has 92 valence electrons. The largest absolute Gasteiger partial charge is 0.481 e. The van der Waals surface area contributed by atoms with E-state index in [4.69, 9.17) is 16.7 Å². The standard InChI is InChI=1S/C12H15ClN2O2/c1-8-7-15(5-3-9(8)12(16)17)11-2-4-14-6-10(11)13/h2,4,6,8-9H,3,5,7H2,1H3,(H,16,17). The van der Waals surface area contributed by atoms with Gasteiger partial charge >= 0.3 is 5.97 Å². The summed E-state index contributed by atoms with van der Waals surface area (Å²) in [4.78, 5) is 17.1. The van der Waals surface area contributed by atoms with Gasteiger partial charge < -0.3 is 10.0 Å². The maximum Gasteiger partial charge on any atom is 0.306 e. The Balaban J connectivity index is 2.12. The molecular weight excluding hydrogens is 240 g/mol. The van der Waals surface area contributed by atoms with Gasteiger partial charge in [-0.2, -0.15) is 0 Å². The molecule has 17 heavy (non-hydrogen) atoms. The number of aromatic nitrogens is 1. The first-order valence-electron chi connectivity index (χ1n) is 5.67. The first-order chi connectivity index (χ1) is 8.09. The predicted molar refractivity (Wildman–Crippen MR) is 66.4 cm³/mol. The van der Waals surface area contributed by atoms with Crippen LogP contribution in [0, 0.1) is 11.8 Å². The van der Waals surface area contributed by atoms with Crippen molar-refractivity contribution in [2.24, 2.45) is 11.8 Å². The van der Waals surface area contributed by atoms with Crippen molar-refractivity contribution in [3.8, 4) is 0 Å². The molecule has 1 fully saturated rings. The number of anilines is 1. The van der Waals surface area contributed by atoms with E-state index in [1.807, 2.05) is 13.0 Å². The van der Waals surface area contributed by atoms with E-state index >= 15 is 0 Å². The average Bonchev–Trinajstić information content (AvgIpc) is 2.29. The first-order valence-corrected chi connectivity index (χ1v) is 6.04. The molecule has 2 heterocycles. The van der Waals surface area contributed by atoms with Crippen LogP contribution in [0.3, 0.4) is 0 Å². The van der Waals surface area contributed by atoms with Crippen molar-refractivity contribution in [1.82, 2.24) is 4.98 Å². The normalized spacial score (nSPS) is 24.7. The highest BCUT2D eigenvalue weighted by Crippen LogP contribution is 2.31. The average molecular weight is 255 g/mol. The minimum Gasteiger partial charge on any atom is -0.481 e. The Morgan fingerprint density at radius 3 is 3.00 bits per heavy atom. The Kier molecular flexibility index (Phi) is 3.52. The minimum atomic E-state index is -0.696. The zero-order valence-electron chi connectivity index (χ0n) is 9.64. The van der Waals surface area contributed by atoms with Gasteiger partial charge in [0.05, 0.1) is 16.6 Å². The second-order valence-electron chi connectivity index (χ2n) is 4.48. The minimum absolute atomic E-state index is 0.130. The number of hydrogen-bond acceptors (Lipinski definition) is 3. The topological polar surface area (TPSA) is 53.4 Å². The lowest BCUT2D eigenvalue weighted by molar-refractivity contribution is -0.144. The summed E-state index contributed by atoms with van der Waals surface area (Å²) in [5.41, 5.74) is 0.942. The van der Waals surface area contributed by atoms with Gasteiger partial charge in [0.15, 0.2) is 0 Å². The number of rotatable bonds is 2. The van der Waals surface area contributed by atoms with Crippen molar-refractivity contribution in [1.29, 1.82) is 0 Å². The predicted octanol–water partition coefficient (Wildman–Crippen LogP) is 2.28. The van der Waals surface area contributed by atoms with Crippen molar-refractivity contribution >= 4 is 23.3 Å². The lowest BCUT2D eigenvalue weighted by Crippen LogP contribution is -2.42. The number of carbonyl (C=O) groups is 1. The number of nitrogens with zero attached hydrogens (tertiary/aromatic N) is 2. The maximum atomic E-state index is 11.0. The molecule has 0 spiro atoms. The van der Waals surface area contributed by atoms with Crippen LogP contribution >= 0.6 is 11.6 Å². The number of piperidine rings is 1. The van der Waals surface area contributed by atoms with Crippen LogP contribution in [0.25, 0.3) is 0 Å². The van der Waals surface area contributed by atoms with Gasteiger partial charge in [-0.05, 0) is 18.4 Å². The smallest absolute Gasteiger partial charge is 0.306 e. The van der Waals surface area contributed by atoms with Crippen LogP contribution in [0.2, 0.25) is 5.02 Å². The Morgan fingerprint density at radius 2 is 2.41 bits per heavy atom. The van der Waals surface area contributed by atoms with Crippen molar-refractivity contribution in [3.63, 3.8) is 0 Å². The van der Waals surface area contributed by atoms with Crippen molar-refractivity contribution in [2.75, 3.05) is 18.0 Å². The molecule has 0 aromatic carbocycles. The summed E-state index contributed by atoms with van der Waals surface area (Å²) in [7, 11) is 0. The summed E-state index contributed by atoms with van der Waals surface area (Å²) in [6.07, 6.45) is 3.98. The summed E-state index contributed by atoms with van der Waals surface area (Å²) >= 11 is 6.08. The second-order valence-corrected chi connectivity index (χ2v) is 4.89. The quantitative estimate of drug-likeness (QED) is 0.880. The Labute approximate surface area is 105 Å². The lowest BCUT2D eigenvalue weighted by Gasteiger charge is -2.36. The van der Waals surface area contributed by atoms with Crippen molar-refractivity contribution in [3.05, 3.63) is 23.5 Å². The molecule has 0 bridgehead atoms. The molecule has 0 amide bonds. The molecule has 5 heteroatoms. The molecule has 0 radical (unpaired) electrons. The van der Waals surface area contributed by atoms with Crippen LogP contribution in [0.1, 0.15) is 13.3 Å². The first kappa shape index (κ1) is 12.2. The molecular formula is C12H15ClN2O2. The van der Waals surface area contributed by atoms with Gasteiger partial charge in [-0.25, -0.2) is 0 Å². The molecule has 1 aromatic rings. The van der Waals surface area contributed by atoms with Gasteiger partial charge in [0, 0.05) is 25.5 Å². The van der Waals surface area contributed by atoms with Crippen LogP contribution in [-0.2, 0) is 4.79 Å². The van der Waals surface area contributed by atoms with Crippen LogP contribution in [0.4, 0.5) is 5.69 Å². The molecule has 2 unspecified atom stereocenters. The van der Waals surface area contributed by atoms with E-state index in [-0.39, 0.29) is 11.8 Å². The summed E-state index contributed by atoms with van der Waals surface area (Å²) in [6.45, 7) is 3.42. The van der Waals surface area contributed by atoms with Crippen molar-refractivity contribution in [2.45, 2.75) is 13.3 Å². The van der Waals surface area contributed by atoms with Crippen molar-refractivity contribution < 1.29 is 9.90 Å². The highest BCUT2D eigenvalue weighted by Gasteiger charge is 2.31. The maximum absolute atomic E-state index is 11.0. The molecule has 1 N–H and O–H groups in total. The third-order valence-electron chi connectivity index (χ3n) is 3.31. The third kappa shape index (κ3) is 2.52. The van der Waals surface area contributed by atoms with E-state index in [0.717, 1.165) is 18.8 Å². The Morgan fingerprint density at radius 1 is 1.65 bits per heavy atom. The Hall–Kier alpha value is -1.29. The molecule has 0 aliphatic carbocycles. The SMILES string of the molecule is CC1CN(c2ccncc2Cl)CCC1C(=O)O. The summed E-state index contributed by atoms with van der Waals surface area (Å²) in [6, 6.07) is 1.87. The fraction of sp³-hybridized carbons (Fsp3) is 0.500. The van der Waals surface area contributed by atoms with E-state index in [1.165, 1.54) is 0 Å². The highest BCUT2D eigenvalue weighted by atomic mass is 35.5. The summed E-state index contributed by atoms with van der Waals surface area (Å²) < 4.78 is 0. The van der Waals surface area contributed by atoms with Crippen LogP contribution < -0.4 is 4.90 Å². The van der Waals surface area contributed by atoms with E-state index in [2.05, 4.69) is 9.88 Å². The number of carboxylic acids is 1. The summed E-state index contributed by atoms with van der Waals surface area (Å²) in [5, 5.41) is 9.68. The number of hydrogen-bond donors (Lipinski definition) is 1. The van der Waals surface area contributed by atoms with E-state index in [1.54, 1.807) is 12.4 Å². The van der Waals surface area contributed by atoms with Gasteiger partial charge in [-0.3, -0.25) is 9.78 Å². The van der Waals surface area contributed by atoms with Gasteiger partial charge in [0.25, 0.3) is 0 Å². The molecule has 1 aromatic heterocycles. The van der Waals surface area contributed by atoms with E-state index in [0.29, 0.717) is 11.4 Å². The monoisotopic (exact) mass is 254 g/mol. The molecule has 0 saturated carbocycles. The molecule has 2 rings (SSSR count). The van der Waals surface area contributed by atoms with Crippen LogP contribution in [0.5, 0.6) is 0 Å². The van der Waals surface area contributed by atoms with Gasteiger partial charge in [-0.15, -0.1) is 0 Å². The molecule has 1 aliphatic rings. The van der Waals surface area contributed by atoms with Gasteiger partial charge in [-0.1, -0.05) is 18.5 Å². The number of halogens is 1. The summed E-state index contributed by atoms with van der Waals surface area (Å²) in [5.74, 6) is -0.810. The van der Waals surface area contributed by atoms with E-state index in [9.17, 15) is 4.79 Å². The fourth-order valence-electron chi connectivity index (χ4n) is 2.36. The van der Waals surface area contributed by atoms with Gasteiger partial charge in [0.2, 0.25) is 0 Å². The number of aliphatic carboxylic acids is 1. The third-order valence-corrected chi connectivity index (χ3v) is 3.61. The zero-order valence-corrected chi connectivity index (χ0v) is 10.4. The van der Waals surface area contributed by atoms with Crippen LogP contribution in [-0.4, -0.2) is 29.1 Å². The fourth-order valence-corrected chi connectivity index (χ4v) is 2.59.